The number of aryl methyl sites for hydroxylation is 1. The molecule has 3 rings (SSSR count). The second kappa shape index (κ2) is 10.4. The largest absolute Gasteiger partial charge is 0.507 e. The lowest BCUT2D eigenvalue weighted by Gasteiger charge is -2.23. The smallest absolute Gasteiger partial charge is 0.342 e. The SMILES string of the molecule is Cc1cc(O)c2c(c1)/C=C/C[C@H](O)[C@H](O)C(=O)/C=C\[C@H](Cc1ccccc1)[C@H](C)OC2=O. The van der Waals surface area contributed by atoms with Crippen molar-refractivity contribution in [2.45, 2.75) is 45.0 Å². The quantitative estimate of drug-likeness (QED) is 0.624. The van der Waals surface area contributed by atoms with E-state index in [-0.39, 0.29) is 23.7 Å². The number of ketones is 1. The van der Waals surface area contributed by atoms with E-state index in [4.69, 9.17) is 4.74 Å². The van der Waals surface area contributed by atoms with E-state index < -0.39 is 30.1 Å². The van der Waals surface area contributed by atoms with E-state index in [0.717, 1.165) is 11.1 Å². The molecule has 0 bridgehead atoms. The van der Waals surface area contributed by atoms with Crippen molar-refractivity contribution >= 4 is 17.8 Å². The fraction of sp³-hybridized carbons (Fsp3) is 0.308. The molecular formula is C26H28O6. The first-order valence-corrected chi connectivity index (χ1v) is 10.6. The van der Waals surface area contributed by atoms with Gasteiger partial charge in [-0.15, -0.1) is 0 Å². The van der Waals surface area contributed by atoms with Crippen molar-refractivity contribution in [3.05, 3.63) is 82.9 Å². The van der Waals surface area contributed by atoms with Gasteiger partial charge >= 0.3 is 5.97 Å². The average molecular weight is 437 g/mol. The zero-order valence-corrected chi connectivity index (χ0v) is 18.1. The molecule has 1 heterocycles. The highest BCUT2D eigenvalue weighted by Crippen LogP contribution is 2.28. The van der Waals surface area contributed by atoms with E-state index in [1.807, 2.05) is 30.3 Å². The molecule has 0 saturated heterocycles. The molecule has 0 spiro atoms. The Hall–Kier alpha value is -3.22. The van der Waals surface area contributed by atoms with Crippen LogP contribution in [0.1, 0.15) is 40.4 Å². The minimum Gasteiger partial charge on any atom is -0.507 e. The molecule has 0 aliphatic carbocycles. The summed E-state index contributed by atoms with van der Waals surface area (Å²) >= 11 is 0. The first kappa shape index (κ1) is 23.4. The Morgan fingerprint density at radius 3 is 2.50 bits per heavy atom. The maximum atomic E-state index is 13.0. The van der Waals surface area contributed by atoms with Crippen LogP contribution in [0, 0.1) is 12.8 Å². The van der Waals surface area contributed by atoms with Crippen molar-refractivity contribution in [1.29, 1.82) is 0 Å². The molecule has 0 aromatic heterocycles. The van der Waals surface area contributed by atoms with Gasteiger partial charge in [0.05, 0.1) is 6.10 Å². The summed E-state index contributed by atoms with van der Waals surface area (Å²) in [5, 5.41) is 30.9. The van der Waals surface area contributed by atoms with Gasteiger partial charge in [0, 0.05) is 5.92 Å². The summed E-state index contributed by atoms with van der Waals surface area (Å²) in [7, 11) is 0. The van der Waals surface area contributed by atoms with Crippen LogP contribution >= 0.6 is 0 Å². The summed E-state index contributed by atoms with van der Waals surface area (Å²) in [5.41, 5.74) is 2.19. The topological polar surface area (TPSA) is 104 Å². The summed E-state index contributed by atoms with van der Waals surface area (Å²) in [5.74, 6) is -1.86. The molecule has 0 amide bonds. The second-order valence-corrected chi connectivity index (χ2v) is 8.12. The Bertz CT molecular complexity index is 1020. The number of aliphatic hydroxyl groups excluding tert-OH is 2. The number of phenolic OH excluding ortho intramolecular Hbond substituents is 1. The number of hydrogen-bond donors (Lipinski definition) is 3. The van der Waals surface area contributed by atoms with Crippen LogP contribution in [0.25, 0.3) is 6.08 Å². The van der Waals surface area contributed by atoms with Gasteiger partial charge in [0.1, 0.15) is 23.5 Å². The van der Waals surface area contributed by atoms with Crippen molar-refractivity contribution in [3.63, 3.8) is 0 Å². The lowest BCUT2D eigenvalue weighted by atomic mass is 9.92. The van der Waals surface area contributed by atoms with Crippen LogP contribution in [0.5, 0.6) is 5.75 Å². The molecule has 1 aliphatic heterocycles. The van der Waals surface area contributed by atoms with E-state index in [0.29, 0.717) is 12.0 Å². The van der Waals surface area contributed by atoms with Crippen molar-refractivity contribution < 1.29 is 29.6 Å². The minimum absolute atomic E-state index is 0.00617. The molecule has 6 nitrogen and oxygen atoms in total. The third kappa shape index (κ3) is 5.72. The number of carbonyl (C=O) groups excluding carboxylic acids is 2. The maximum absolute atomic E-state index is 13.0. The Balaban J connectivity index is 2.01. The lowest BCUT2D eigenvalue weighted by Crippen LogP contribution is -2.33. The van der Waals surface area contributed by atoms with Gasteiger partial charge in [-0.05, 0) is 55.5 Å². The van der Waals surface area contributed by atoms with Crippen LogP contribution in [0.3, 0.4) is 0 Å². The zero-order chi connectivity index (χ0) is 23.3. The van der Waals surface area contributed by atoms with Crippen LogP contribution in [0.15, 0.2) is 60.7 Å². The molecule has 0 radical (unpaired) electrons. The van der Waals surface area contributed by atoms with Gasteiger partial charge in [-0.1, -0.05) is 54.6 Å². The number of aromatic hydroxyl groups is 1. The highest BCUT2D eigenvalue weighted by Gasteiger charge is 2.26. The first-order valence-electron chi connectivity index (χ1n) is 10.6. The predicted octanol–water partition coefficient (Wildman–Crippen LogP) is 3.37. The summed E-state index contributed by atoms with van der Waals surface area (Å²) in [4.78, 5) is 25.4. The third-order valence-electron chi connectivity index (χ3n) is 5.55. The highest BCUT2D eigenvalue weighted by atomic mass is 16.5. The summed E-state index contributed by atoms with van der Waals surface area (Å²) in [6, 6.07) is 12.8. The highest BCUT2D eigenvalue weighted by molar-refractivity contribution is 5.97. The van der Waals surface area contributed by atoms with Gasteiger partial charge in [-0.25, -0.2) is 4.79 Å². The number of rotatable bonds is 2. The molecule has 2 aromatic carbocycles. The molecule has 0 saturated carbocycles. The Labute approximate surface area is 187 Å². The number of fused-ring (bicyclic) bond motifs is 1. The average Bonchev–Trinajstić information content (AvgIpc) is 2.75. The molecule has 32 heavy (non-hydrogen) atoms. The summed E-state index contributed by atoms with van der Waals surface area (Å²) < 4.78 is 5.70. The summed E-state index contributed by atoms with van der Waals surface area (Å²) in [6.45, 7) is 3.50. The van der Waals surface area contributed by atoms with Crippen LogP contribution in [-0.4, -0.2) is 45.4 Å². The monoisotopic (exact) mass is 436 g/mol. The van der Waals surface area contributed by atoms with Crippen LogP contribution in [0.4, 0.5) is 0 Å². The minimum atomic E-state index is -1.57. The fourth-order valence-corrected chi connectivity index (χ4v) is 3.71. The van der Waals surface area contributed by atoms with Crippen molar-refractivity contribution in [1.82, 2.24) is 0 Å². The lowest BCUT2D eigenvalue weighted by molar-refractivity contribution is -0.127. The van der Waals surface area contributed by atoms with E-state index in [1.54, 1.807) is 38.1 Å². The molecule has 0 fully saturated rings. The van der Waals surface area contributed by atoms with Gasteiger partial charge < -0.3 is 20.1 Å². The van der Waals surface area contributed by atoms with Gasteiger partial charge in [-0.2, -0.15) is 0 Å². The van der Waals surface area contributed by atoms with E-state index in [2.05, 4.69) is 0 Å². The van der Waals surface area contributed by atoms with Gasteiger partial charge in [0.15, 0.2) is 5.78 Å². The van der Waals surface area contributed by atoms with Crippen LogP contribution in [-0.2, 0) is 16.0 Å². The first-order chi connectivity index (χ1) is 15.3. The molecular weight excluding hydrogens is 408 g/mol. The van der Waals surface area contributed by atoms with E-state index in [1.165, 1.54) is 12.1 Å². The number of phenols is 1. The zero-order valence-electron chi connectivity index (χ0n) is 18.1. The number of aliphatic hydroxyl groups is 2. The Kier molecular flexibility index (Phi) is 7.62. The Morgan fingerprint density at radius 2 is 1.78 bits per heavy atom. The van der Waals surface area contributed by atoms with Gasteiger partial charge in [0.2, 0.25) is 0 Å². The molecule has 2 aromatic rings. The predicted molar refractivity (Wildman–Crippen MR) is 121 cm³/mol. The normalized spacial score (nSPS) is 26.5. The standard InChI is InChI=1S/C26H28O6/c1-16-13-20-9-6-10-21(27)25(30)22(28)12-11-19(15-18-7-4-3-5-8-18)17(2)32-26(31)24(20)23(29)14-16/h3-9,11-14,17,19,21,25,27,29-30H,10,15H2,1-2H3/b9-6+,12-11-/t17-,19+,21-,25-/m0/s1. The number of benzene rings is 2. The van der Waals surface area contributed by atoms with E-state index >= 15 is 0 Å². The number of cyclic esters (lactones) is 1. The number of hydrogen-bond acceptors (Lipinski definition) is 6. The van der Waals surface area contributed by atoms with Crippen molar-refractivity contribution in [3.8, 4) is 5.75 Å². The molecule has 3 N–H and O–H groups in total. The number of carbonyl (C=O) groups is 2. The summed E-state index contributed by atoms with van der Waals surface area (Å²) in [6.07, 6.45) is 2.93. The fourth-order valence-electron chi connectivity index (χ4n) is 3.71. The van der Waals surface area contributed by atoms with Crippen LogP contribution < -0.4 is 0 Å². The number of ether oxygens (including phenoxy) is 1. The Morgan fingerprint density at radius 1 is 1.06 bits per heavy atom. The molecule has 6 heteroatoms. The molecule has 4 atom stereocenters. The third-order valence-corrected chi connectivity index (χ3v) is 5.55. The molecule has 0 unspecified atom stereocenters. The molecule has 168 valence electrons. The van der Waals surface area contributed by atoms with E-state index in [9.17, 15) is 24.9 Å². The molecule has 1 aliphatic rings. The second-order valence-electron chi connectivity index (χ2n) is 8.12. The van der Waals surface area contributed by atoms with Crippen LogP contribution in [0.2, 0.25) is 0 Å². The van der Waals surface area contributed by atoms with Gasteiger partial charge in [0.25, 0.3) is 0 Å². The van der Waals surface area contributed by atoms with Crippen molar-refractivity contribution in [2.24, 2.45) is 5.92 Å². The maximum Gasteiger partial charge on any atom is 0.342 e. The number of esters is 1. The van der Waals surface area contributed by atoms with Crippen molar-refractivity contribution in [2.75, 3.05) is 0 Å². The van der Waals surface area contributed by atoms with Gasteiger partial charge in [-0.3, -0.25) is 4.79 Å².